The highest BCUT2D eigenvalue weighted by atomic mass is 32.2. The van der Waals surface area contributed by atoms with Crippen LogP contribution in [0.25, 0.3) is 0 Å². The lowest BCUT2D eigenvalue weighted by Gasteiger charge is -2.13. The smallest absolute Gasteiger partial charge is 0.320 e. The van der Waals surface area contributed by atoms with E-state index in [-0.39, 0.29) is 11.8 Å². The number of rotatable bonds is 5. The van der Waals surface area contributed by atoms with Crippen molar-refractivity contribution < 1.29 is 22.9 Å². The average Bonchev–Trinajstić information content (AvgIpc) is 2.13. The molecular formula is C8H20N2O5S. The molecular weight excluding hydrogens is 236 g/mol. The van der Waals surface area contributed by atoms with Crippen molar-refractivity contribution in [3.63, 3.8) is 0 Å². The number of nitrogens with two attached hydrogens (primary N) is 1. The van der Waals surface area contributed by atoms with Crippen LogP contribution < -0.4 is 5.73 Å². The first kappa shape index (κ1) is 17.7. The van der Waals surface area contributed by atoms with Crippen LogP contribution in [0.1, 0.15) is 13.3 Å². The van der Waals surface area contributed by atoms with Crippen LogP contribution in [0.2, 0.25) is 0 Å². The average molecular weight is 256 g/mol. The third kappa shape index (κ3) is 13.3. The number of carboxylic acids is 1. The lowest BCUT2D eigenvalue weighted by atomic mass is 10.3. The van der Waals surface area contributed by atoms with Crippen LogP contribution >= 0.6 is 0 Å². The van der Waals surface area contributed by atoms with Crippen LogP contribution in [-0.2, 0) is 14.9 Å². The quantitative estimate of drug-likeness (QED) is 0.553. The summed E-state index contributed by atoms with van der Waals surface area (Å²) in [5, 5.41) is 8.31. The van der Waals surface area contributed by atoms with Crippen LogP contribution in [0.4, 0.5) is 0 Å². The summed E-state index contributed by atoms with van der Waals surface area (Å²) in [7, 11) is -0.296. The molecule has 8 heteroatoms. The second kappa shape index (κ2) is 8.45. The van der Waals surface area contributed by atoms with Gasteiger partial charge in [0.1, 0.15) is 6.04 Å². The molecule has 0 spiro atoms. The minimum Gasteiger partial charge on any atom is -0.480 e. The van der Waals surface area contributed by atoms with Crippen molar-refractivity contribution in [1.82, 2.24) is 4.90 Å². The lowest BCUT2D eigenvalue weighted by molar-refractivity contribution is -0.141. The molecule has 0 rings (SSSR count). The van der Waals surface area contributed by atoms with Crippen molar-refractivity contribution in [2.75, 3.05) is 26.4 Å². The van der Waals surface area contributed by atoms with Gasteiger partial charge in [0.05, 0.1) is 5.75 Å². The molecule has 0 aromatic rings. The van der Waals surface area contributed by atoms with E-state index in [1.807, 2.05) is 0 Å². The second-order valence-electron chi connectivity index (χ2n) is 3.41. The molecule has 0 saturated heterocycles. The first-order valence-electron chi connectivity index (χ1n) is 4.66. The number of carboxylic acid groups (broad SMARTS) is 1. The number of nitrogens with zero attached hydrogens (tertiary/aromatic N) is 1. The third-order valence-corrected chi connectivity index (χ3v) is 2.54. The summed E-state index contributed by atoms with van der Waals surface area (Å²) in [6.07, 6.45) is 0.318. The zero-order chi connectivity index (χ0) is 13.4. The molecule has 0 radical (unpaired) electrons. The largest absolute Gasteiger partial charge is 0.480 e. The van der Waals surface area contributed by atoms with E-state index in [4.69, 9.17) is 15.4 Å². The fourth-order valence-corrected chi connectivity index (χ4v) is 1.02. The standard InChI is InChI=1S/C5H11NO2.C3H9NO3S/c1-4(5(7)8)6(2)3;4-2-1-3-8(5,6)7/h4H,1-3H3,(H,7,8);1-4H2,(H,5,6,7). The van der Waals surface area contributed by atoms with Gasteiger partial charge in [-0.1, -0.05) is 0 Å². The number of hydrogen-bond acceptors (Lipinski definition) is 5. The normalized spacial score (nSPS) is 12.9. The van der Waals surface area contributed by atoms with Gasteiger partial charge in [-0.15, -0.1) is 0 Å². The monoisotopic (exact) mass is 256 g/mol. The maximum atomic E-state index is 10.1. The van der Waals surface area contributed by atoms with E-state index in [2.05, 4.69) is 0 Å². The fourth-order valence-electron chi connectivity index (χ4n) is 0.487. The van der Waals surface area contributed by atoms with E-state index >= 15 is 0 Å². The Labute approximate surface area is 96.0 Å². The molecule has 1 atom stereocenters. The van der Waals surface area contributed by atoms with Crippen LogP contribution in [0.5, 0.6) is 0 Å². The van der Waals surface area contributed by atoms with Gasteiger partial charge in [-0.2, -0.15) is 8.42 Å². The molecule has 0 aromatic carbocycles. The van der Waals surface area contributed by atoms with E-state index in [1.165, 1.54) is 0 Å². The van der Waals surface area contributed by atoms with Gasteiger partial charge in [-0.05, 0) is 34.0 Å². The van der Waals surface area contributed by atoms with Gasteiger partial charge in [-0.3, -0.25) is 14.2 Å². The van der Waals surface area contributed by atoms with Gasteiger partial charge in [0.15, 0.2) is 0 Å². The fraction of sp³-hybridized carbons (Fsp3) is 0.875. The van der Waals surface area contributed by atoms with Crippen molar-refractivity contribution in [2.24, 2.45) is 5.73 Å². The maximum absolute atomic E-state index is 10.1. The van der Waals surface area contributed by atoms with E-state index in [0.717, 1.165) is 0 Å². The highest BCUT2D eigenvalue weighted by Crippen LogP contribution is 1.88. The predicted molar refractivity (Wildman–Crippen MR) is 60.9 cm³/mol. The molecule has 0 aliphatic carbocycles. The van der Waals surface area contributed by atoms with Gasteiger partial charge in [0.25, 0.3) is 10.1 Å². The third-order valence-electron chi connectivity index (χ3n) is 1.74. The lowest BCUT2D eigenvalue weighted by Crippen LogP contribution is -2.32. The van der Waals surface area contributed by atoms with Crippen LogP contribution in [0.3, 0.4) is 0 Å². The van der Waals surface area contributed by atoms with E-state index in [0.29, 0.717) is 13.0 Å². The molecule has 16 heavy (non-hydrogen) atoms. The molecule has 4 N–H and O–H groups in total. The maximum Gasteiger partial charge on any atom is 0.320 e. The Morgan fingerprint density at radius 3 is 1.94 bits per heavy atom. The van der Waals surface area contributed by atoms with Gasteiger partial charge in [0.2, 0.25) is 0 Å². The van der Waals surface area contributed by atoms with Crippen molar-refractivity contribution in [2.45, 2.75) is 19.4 Å². The first-order chi connectivity index (χ1) is 7.11. The van der Waals surface area contributed by atoms with Crippen LogP contribution in [0.15, 0.2) is 0 Å². The van der Waals surface area contributed by atoms with E-state index in [1.54, 1.807) is 25.9 Å². The molecule has 0 heterocycles. The summed E-state index contributed by atoms with van der Waals surface area (Å²) in [4.78, 5) is 11.7. The summed E-state index contributed by atoms with van der Waals surface area (Å²) in [6, 6.07) is -0.380. The van der Waals surface area contributed by atoms with Crippen molar-refractivity contribution in [3.05, 3.63) is 0 Å². The molecule has 0 aliphatic heterocycles. The van der Waals surface area contributed by atoms with Crippen molar-refractivity contribution in [3.8, 4) is 0 Å². The Morgan fingerprint density at radius 1 is 1.44 bits per heavy atom. The molecule has 0 aliphatic rings. The molecule has 0 saturated carbocycles. The molecule has 0 aromatic heterocycles. The van der Waals surface area contributed by atoms with Crippen LogP contribution in [-0.4, -0.2) is 61.4 Å². The topological polar surface area (TPSA) is 121 Å². The summed E-state index contributed by atoms with van der Waals surface area (Å²) in [6.45, 7) is 1.93. The Hall–Kier alpha value is -0.700. The second-order valence-corrected chi connectivity index (χ2v) is 4.98. The summed E-state index contributed by atoms with van der Waals surface area (Å²) < 4.78 is 27.8. The van der Waals surface area contributed by atoms with Crippen molar-refractivity contribution in [1.29, 1.82) is 0 Å². The zero-order valence-electron chi connectivity index (χ0n) is 9.75. The summed E-state index contributed by atoms with van der Waals surface area (Å²) >= 11 is 0. The Kier molecular flexibility index (Phi) is 9.34. The number of aliphatic carboxylic acids is 1. The molecule has 7 nitrogen and oxygen atoms in total. The Morgan fingerprint density at radius 2 is 1.88 bits per heavy atom. The van der Waals surface area contributed by atoms with Gasteiger partial charge in [-0.25, -0.2) is 0 Å². The zero-order valence-corrected chi connectivity index (χ0v) is 10.6. The molecule has 0 amide bonds. The summed E-state index contributed by atoms with van der Waals surface area (Å²) in [5.41, 5.74) is 4.96. The highest BCUT2D eigenvalue weighted by molar-refractivity contribution is 7.85. The molecule has 1 unspecified atom stereocenters. The predicted octanol–water partition coefficient (Wildman–Crippen LogP) is -0.756. The molecule has 0 fully saturated rings. The van der Waals surface area contributed by atoms with E-state index in [9.17, 15) is 13.2 Å². The van der Waals surface area contributed by atoms with Gasteiger partial charge < -0.3 is 10.8 Å². The molecule has 98 valence electrons. The summed E-state index contributed by atoms with van der Waals surface area (Å²) in [5.74, 6) is -1.02. The number of carbonyl (C=O) groups is 1. The van der Waals surface area contributed by atoms with Gasteiger partial charge >= 0.3 is 5.97 Å². The van der Waals surface area contributed by atoms with Crippen LogP contribution in [0, 0.1) is 0 Å². The first-order valence-corrected chi connectivity index (χ1v) is 6.27. The van der Waals surface area contributed by atoms with Gasteiger partial charge in [0, 0.05) is 0 Å². The minimum atomic E-state index is -3.77. The van der Waals surface area contributed by atoms with E-state index < -0.39 is 16.1 Å². The van der Waals surface area contributed by atoms with Crippen molar-refractivity contribution >= 4 is 16.1 Å². The number of hydrogen-bond donors (Lipinski definition) is 3. The Balaban J connectivity index is 0. The molecule has 0 bridgehead atoms. The number of likely N-dealkylation sites (N-methyl/N-ethyl adjacent to an activating group) is 1. The Bertz CT molecular complexity index is 289. The SMILES string of the molecule is CC(C(=O)O)N(C)C.NCCCS(=O)(=O)O. The highest BCUT2D eigenvalue weighted by Gasteiger charge is 2.11. The minimum absolute atomic E-state index is 0.233.